The number of nitrogens with one attached hydrogen (secondary N) is 1. The van der Waals surface area contributed by atoms with Gasteiger partial charge in [0.2, 0.25) is 0 Å². The number of carbonyl (C=O) groups is 2. The maximum absolute atomic E-state index is 13.0. The van der Waals surface area contributed by atoms with Gasteiger partial charge < -0.3 is 10.1 Å². The van der Waals surface area contributed by atoms with Crippen molar-refractivity contribution in [3.8, 4) is 0 Å². The molecule has 0 atom stereocenters. The van der Waals surface area contributed by atoms with Gasteiger partial charge >= 0.3 is 0 Å². The number of aryl methyl sites for hydroxylation is 2. The van der Waals surface area contributed by atoms with Gasteiger partial charge in [-0.3, -0.25) is 24.6 Å². The van der Waals surface area contributed by atoms with Crippen molar-refractivity contribution in [2.75, 3.05) is 25.6 Å². The highest BCUT2D eigenvalue weighted by Crippen LogP contribution is 2.31. The molecule has 29 heavy (non-hydrogen) atoms. The molecule has 150 valence electrons. The lowest BCUT2D eigenvalue weighted by Crippen LogP contribution is -2.35. The molecule has 0 aliphatic carbocycles. The molecule has 2 aromatic carbocycles. The monoisotopic (exact) mass is 395 g/mol. The van der Waals surface area contributed by atoms with Crippen LogP contribution in [0.15, 0.2) is 48.2 Å². The van der Waals surface area contributed by atoms with E-state index in [0.29, 0.717) is 11.3 Å². The first-order chi connectivity index (χ1) is 13.8. The van der Waals surface area contributed by atoms with Gasteiger partial charge in [0.15, 0.2) is 0 Å². The molecule has 8 nitrogen and oxygen atoms in total. The highest BCUT2D eigenvalue weighted by Gasteiger charge is 2.39. The minimum Gasteiger partial charge on any atom is -0.383 e. The fourth-order valence-corrected chi connectivity index (χ4v) is 3.06. The maximum Gasteiger partial charge on any atom is 0.278 e. The number of amides is 2. The summed E-state index contributed by atoms with van der Waals surface area (Å²) in [5, 5.41) is 14.0. The van der Waals surface area contributed by atoms with E-state index < -0.39 is 16.7 Å². The zero-order chi connectivity index (χ0) is 21.1. The highest BCUT2D eigenvalue weighted by atomic mass is 16.6. The van der Waals surface area contributed by atoms with Crippen LogP contribution >= 0.6 is 0 Å². The maximum atomic E-state index is 13.0. The van der Waals surface area contributed by atoms with Gasteiger partial charge in [0.05, 0.1) is 23.6 Å². The van der Waals surface area contributed by atoms with E-state index in [-0.39, 0.29) is 30.1 Å². The molecule has 0 spiro atoms. The van der Waals surface area contributed by atoms with Gasteiger partial charge in [0.1, 0.15) is 5.70 Å². The molecule has 1 aliphatic rings. The Morgan fingerprint density at radius 3 is 2.31 bits per heavy atom. The smallest absolute Gasteiger partial charge is 0.278 e. The van der Waals surface area contributed by atoms with Crippen LogP contribution in [0.2, 0.25) is 0 Å². The van der Waals surface area contributed by atoms with Crippen LogP contribution in [0.5, 0.6) is 0 Å². The molecule has 0 saturated carbocycles. The van der Waals surface area contributed by atoms with Crippen LogP contribution in [-0.4, -0.2) is 41.9 Å². The summed E-state index contributed by atoms with van der Waals surface area (Å²) in [4.78, 5) is 37.5. The number of nitro benzene ring substituents is 1. The molecule has 2 amide bonds. The average molecular weight is 395 g/mol. The number of rotatable bonds is 7. The number of non-ortho nitro benzene ring substituents is 1. The van der Waals surface area contributed by atoms with Gasteiger partial charge in [-0.05, 0) is 54.8 Å². The number of carbonyl (C=O) groups excluding carboxylic acids is 2. The standard InChI is InChI=1S/C21H21N3O5/c1-13-4-7-16(12-14(13)2)22-19-18(15-5-8-17(9-6-15)24(27)28)20(25)23(21(19)26)10-11-29-3/h4-9,12,22H,10-11H2,1-3H3. The average Bonchev–Trinajstić information content (AvgIpc) is 2.93. The Morgan fingerprint density at radius 1 is 1.03 bits per heavy atom. The molecule has 0 radical (unpaired) electrons. The molecular formula is C21H21N3O5. The van der Waals surface area contributed by atoms with Crippen molar-refractivity contribution in [1.82, 2.24) is 4.90 Å². The number of hydrogen-bond donors (Lipinski definition) is 1. The van der Waals surface area contributed by atoms with E-state index in [0.717, 1.165) is 16.0 Å². The second-order valence-electron chi connectivity index (χ2n) is 6.73. The predicted octanol–water partition coefficient (Wildman–Crippen LogP) is 3.05. The first kappa shape index (κ1) is 20.2. The van der Waals surface area contributed by atoms with Crippen LogP contribution in [0.4, 0.5) is 11.4 Å². The van der Waals surface area contributed by atoms with E-state index in [1.165, 1.54) is 31.4 Å². The Balaban J connectivity index is 2.04. The summed E-state index contributed by atoms with van der Waals surface area (Å²) in [6.07, 6.45) is 0. The molecule has 3 rings (SSSR count). The Kier molecular flexibility index (Phi) is 5.74. The Labute approximate surface area is 167 Å². The second kappa shape index (κ2) is 8.24. The van der Waals surface area contributed by atoms with Crippen LogP contribution in [0.3, 0.4) is 0 Å². The van der Waals surface area contributed by atoms with Crippen molar-refractivity contribution < 1.29 is 19.2 Å². The minimum absolute atomic E-state index is 0.0916. The molecule has 2 aromatic rings. The molecule has 0 bridgehead atoms. The largest absolute Gasteiger partial charge is 0.383 e. The minimum atomic E-state index is -0.515. The van der Waals surface area contributed by atoms with Crippen LogP contribution in [0.25, 0.3) is 5.57 Å². The summed E-state index contributed by atoms with van der Waals surface area (Å²) in [6, 6.07) is 11.2. The van der Waals surface area contributed by atoms with E-state index in [4.69, 9.17) is 4.74 Å². The van der Waals surface area contributed by atoms with Crippen molar-refractivity contribution >= 4 is 28.8 Å². The second-order valence-corrected chi connectivity index (χ2v) is 6.73. The van der Waals surface area contributed by atoms with Crippen molar-refractivity contribution in [3.63, 3.8) is 0 Å². The lowest BCUT2D eigenvalue weighted by molar-refractivity contribution is -0.384. The van der Waals surface area contributed by atoms with E-state index in [9.17, 15) is 19.7 Å². The van der Waals surface area contributed by atoms with Crippen LogP contribution in [-0.2, 0) is 14.3 Å². The van der Waals surface area contributed by atoms with Gasteiger partial charge in [0.25, 0.3) is 17.5 Å². The van der Waals surface area contributed by atoms with Crippen LogP contribution < -0.4 is 5.32 Å². The fourth-order valence-electron chi connectivity index (χ4n) is 3.06. The number of nitro groups is 1. The number of methoxy groups -OCH3 is 1. The Hall–Kier alpha value is -3.52. The van der Waals surface area contributed by atoms with E-state index in [2.05, 4.69) is 5.32 Å². The topological polar surface area (TPSA) is 102 Å². The quantitative estimate of drug-likeness (QED) is 0.439. The first-order valence-corrected chi connectivity index (χ1v) is 9.02. The normalized spacial score (nSPS) is 14.0. The third-order valence-electron chi connectivity index (χ3n) is 4.83. The lowest BCUT2D eigenvalue weighted by Gasteiger charge is -2.14. The van der Waals surface area contributed by atoms with E-state index in [1.807, 2.05) is 32.0 Å². The molecule has 8 heteroatoms. The summed E-state index contributed by atoms with van der Waals surface area (Å²) in [7, 11) is 1.49. The van der Waals surface area contributed by atoms with Crippen LogP contribution in [0.1, 0.15) is 16.7 Å². The third kappa shape index (κ3) is 4.02. The van der Waals surface area contributed by atoms with Crippen molar-refractivity contribution in [2.24, 2.45) is 0 Å². The SMILES string of the molecule is COCCN1C(=O)C(Nc2ccc(C)c(C)c2)=C(c2ccc([N+](=O)[O-])cc2)C1=O. The summed E-state index contributed by atoms with van der Waals surface area (Å²) < 4.78 is 5.01. The van der Waals surface area contributed by atoms with Crippen molar-refractivity contribution in [1.29, 1.82) is 0 Å². The zero-order valence-corrected chi connectivity index (χ0v) is 16.4. The van der Waals surface area contributed by atoms with Gasteiger partial charge in [-0.25, -0.2) is 0 Å². The van der Waals surface area contributed by atoms with Crippen molar-refractivity contribution in [2.45, 2.75) is 13.8 Å². The zero-order valence-electron chi connectivity index (χ0n) is 16.4. The number of anilines is 1. The highest BCUT2D eigenvalue weighted by molar-refractivity contribution is 6.36. The van der Waals surface area contributed by atoms with Crippen LogP contribution in [0, 0.1) is 24.0 Å². The molecule has 1 N–H and O–H groups in total. The van der Waals surface area contributed by atoms with Gasteiger partial charge in [-0.1, -0.05) is 6.07 Å². The number of hydrogen-bond acceptors (Lipinski definition) is 6. The molecular weight excluding hydrogens is 374 g/mol. The number of imide groups is 1. The number of benzene rings is 2. The Bertz CT molecular complexity index is 1010. The van der Waals surface area contributed by atoms with E-state index in [1.54, 1.807) is 0 Å². The van der Waals surface area contributed by atoms with E-state index >= 15 is 0 Å². The molecule has 0 saturated heterocycles. The molecule has 1 aliphatic heterocycles. The third-order valence-corrected chi connectivity index (χ3v) is 4.83. The molecule has 0 unspecified atom stereocenters. The summed E-state index contributed by atoms with van der Waals surface area (Å²) in [5.41, 5.74) is 3.49. The summed E-state index contributed by atoms with van der Waals surface area (Å²) in [6.45, 7) is 4.26. The van der Waals surface area contributed by atoms with Gasteiger partial charge in [0, 0.05) is 24.9 Å². The number of ether oxygens (including phenoxy) is 1. The first-order valence-electron chi connectivity index (χ1n) is 9.02. The summed E-state index contributed by atoms with van der Waals surface area (Å²) >= 11 is 0. The Morgan fingerprint density at radius 2 is 1.72 bits per heavy atom. The fraction of sp³-hybridized carbons (Fsp3) is 0.238. The molecule has 0 fully saturated rings. The van der Waals surface area contributed by atoms with Gasteiger partial charge in [-0.2, -0.15) is 0 Å². The molecule has 1 heterocycles. The lowest BCUT2D eigenvalue weighted by atomic mass is 10.0. The number of nitrogens with zero attached hydrogens (tertiary/aromatic N) is 2. The van der Waals surface area contributed by atoms with Gasteiger partial charge in [-0.15, -0.1) is 0 Å². The molecule has 0 aromatic heterocycles. The summed E-state index contributed by atoms with van der Waals surface area (Å²) in [5.74, 6) is -0.925. The predicted molar refractivity (Wildman–Crippen MR) is 108 cm³/mol. The van der Waals surface area contributed by atoms with Crippen molar-refractivity contribution in [3.05, 3.63) is 75.0 Å².